The molecule has 0 unspecified atom stereocenters. The van der Waals surface area contributed by atoms with Crippen LogP contribution in [0.25, 0.3) is 10.6 Å². The van der Waals surface area contributed by atoms with Crippen molar-refractivity contribution in [3.05, 3.63) is 35.0 Å². The first kappa shape index (κ1) is 13.4. The van der Waals surface area contributed by atoms with E-state index in [0.717, 1.165) is 15.5 Å². The highest BCUT2D eigenvalue weighted by molar-refractivity contribution is 8.01. The number of aromatic nitrogens is 1. The van der Waals surface area contributed by atoms with Gasteiger partial charge < -0.3 is 5.11 Å². The number of carbonyl (C=O) groups is 1. The molecule has 1 N–H and O–H groups in total. The third-order valence-electron chi connectivity index (χ3n) is 2.17. The Hall–Kier alpha value is -1.04. The maximum atomic E-state index is 11.1. The van der Waals surface area contributed by atoms with E-state index in [1.807, 2.05) is 19.1 Å². The molecule has 0 saturated carbocycles. The molecule has 1 aromatic carbocycles. The fourth-order valence-corrected chi connectivity index (χ4v) is 3.67. The van der Waals surface area contributed by atoms with E-state index < -0.39 is 5.97 Å². The number of carboxylic acid groups (broad SMARTS) is 1. The Kier molecular flexibility index (Phi) is 4.27. The number of thiazole rings is 1. The third-order valence-corrected chi connectivity index (χ3v) is 4.66. The fourth-order valence-electron chi connectivity index (χ4n) is 1.39. The minimum Gasteiger partial charge on any atom is -0.476 e. The molecule has 0 saturated heterocycles. The second-order valence-corrected chi connectivity index (χ2v) is 6.37. The van der Waals surface area contributed by atoms with Crippen molar-refractivity contribution in [1.82, 2.24) is 4.98 Å². The summed E-state index contributed by atoms with van der Waals surface area (Å²) in [6, 6.07) is 7.22. The Morgan fingerprint density at radius 2 is 2.11 bits per heavy atom. The largest absolute Gasteiger partial charge is 0.476 e. The second kappa shape index (κ2) is 5.73. The van der Waals surface area contributed by atoms with Crippen LogP contribution in [0.1, 0.15) is 17.4 Å². The number of benzene rings is 1. The van der Waals surface area contributed by atoms with E-state index in [9.17, 15) is 4.79 Å². The van der Waals surface area contributed by atoms with E-state index in [1.165, 1.54) is 23.1 Å². The molecule has 2 rings (SSSR count). The summed E-state index contributed by atoms with van der Waals surface area (Å²) in [5, 5.41) is 10.5. The molecular formula is C12H10ClNO2S2. The van der Waals surface area contributed by atoms with Gasteiger partial charge in [0.05, 0.1) is 4.21 Å². The van der Waals surface area contributed by atoms with Crippen LogP contribution in [0.3, 0.4) is 0 Å². The number of nitrogens with zero attached hydrogens (tertiary/aromatic N) is 1. The Morgan fingerprint density at radius 3 is 2.67 bits per heavy atom. The lowest BCUT2D eigenvalue weighted by atomic mass is 10.2. The molecule has 0 amide bonds. The Bertz CT molecular complexity index is 566. The summed E-state index contributed by atoms with van der Waals surface area (Å²) in [5.74, 6) is -0.162. The van der Waals surface area contributed by atoms with Gasteiger partial charge in [0.25, 0.3) is 0 Å². The third kappa shape index (κ3) is 2.85. The first-order valence-electron chi connectivity index (χ1n) is 5.24. The normalized spacial score (nSPS) is 10.6. The van der Waals surface area contributed by atoms with Gasteiger partial charge in [0.2, 0.25) is 0 Å². The smallest absolute Gasteiger partial charge is 0.356 e. The highest BCUT2D eigenvalue weighted by atomic mass is 35.5. The van der Waals surface area contributed by atoms with Crippen LogP contribution in [-0.4, -0.2) is 21.8 Å². The van der Waals surface area contributed by atoms with Gasteiger partial charge in [-0.1, -0.05) is 30.7 Å². The SMILES string of the molecule is CCSc1sc(-c2ccc(Cl)cc2)nc1C(=O)O. The van der Waals surface area contributed by atoms with Crippen LogP contribution in [0.4, 0.5) is 0 Å². The van der Waals surface area contributed by atoms with E-state index in [-0.39, 0.29) is 5.69 Å². The summed E-state index contributed by atoms with van der Waals surface area (Å²) in [7, 11) is 0. The molecule has 0 fully saturated rings. The van der Waals surface area contributed by atoms with E-state index in [4.69, 9.17) is 16.7 Å². The fraction of sp³-hybridized carbons (Fsp3) is 0.167. The maximum absolute atomic E-state index is 11.1. The first-order valence-corrected chi connectivity index (χ1v) is 7.42. The van der Waals surface area contributed by atoms with Crippen molar-refractivity contribution in [2.24, 2.45) is 0 Å². The summed E-state index contributed by atoms with van der Waals surface area (Å²) in [5.41, 5.74) is 1.02. The van der Waals surface area contributed by atoms with Crippen molar-refractivity contribution in [3.8, 4) is 10.6 Å². The Balaban J connectivity index is 2.42. The molecule has 0 atom stereocenters. The molecule has 3 nitrogen and oxygen atoms in total. The lowest BCUT2D eigenvalue weighted by molar-refractivity contribution is 0.0688. The quantitative estimate of drug-likeness (QED) is 0.856. The lowest BCUT2D eigenvalue weighted by Gasteiger charge is -1.95. The number of hydrogen-bond acceptors (Lipinski definition) is 4. The molecule has 0 bridgehead atoms. The van der Waals surface area contributed by atoms with Crippen molar-refractivity contribution in [2.75, 3.05) is 5.75 Å². The summed E-state index contributed by atoms with van der Waals surface area (Å²) in [4.78, 5) is 15.3. The number of hydrogen-bond donors (Lipinski definition) is 1. The summed E-state index contributed by atoms with van der Waals surface area (Å²) >= 11 is 8.72. The molecule has 94 valence electrons. The van der Waals surface area contributed by atoms with Gasteiger partial charge in [0, 0.05) is 10.6 Å². The van der Waals surface area contributed by atoms with Gasteiger partial charge in [0.15, 0.2) is 5.69 Å². The highest BCUT2D eigenvalue weighted by Gasteiger charge is 2.18. The zero-order valence-electron chi connectivity index (χ0n) is 9.51. The van der Waals surface area contributed by atoms with Crippen molar-refractivity contribution in [3.63, 3.8) is 0 Å². The lowest BCUT2D eigenvalue weighted by Crippen LogP contribution is -1.98. The molecule has 0 aliphatic heterocycles. The standard InChI is InChI=1S/C12H10ClNO2S2/c1-2-17-12-9(11(15)16)14-10(18-12)7-3-5-8(13)6-4-7/h3-6H,2H2,1H3,(H,15,16). The van der Waals surface area contributed by atoms with E-state index in [0.29, 0.717) is 10.0 Å². The number of carboxylic acids is 1. The predicted molar refractivity (Wildman–Crippen MR) is 75.9 cm³/mol. The number of aromatic carboxylic acids is 1. The van der Waals surface area contributed by atoms with Gasteiger partial charge in [-0.15, -0.1) is 23.1 Å². The van der Waals surface area contributed by atoms with Crippen molar-refractivity contribution in [2.45, 2.75) is 11.1 Å². The van der Waals surface area contributed by atoms with Crippen molar-refractivity contribution >= 4 is 40.7 Å². The molecule has 0 aliphatic carbocycles. The molecule has 2 aromatic rings. The van der Waals surface area contributed by atoms with Crippen LogP contribution in [0.5, 0.6) is 0 Å². The maximum Gasteiger partial charge on any atom is 0.356 e. The summed E-state index contributed by atoms with van der Waals surface area (Å²) < 4.78 is 0.745. The minimum absolute atomic E-state index is 0.136. The van der Waals surface area contributed by atoms with Gasteiger partial charge >= 0.3 is 5.97 Å². The molecule has 18 heavy (non-hydrogen) atoms. The van der Waals surface area contributed by atoms with Gasteiger partial charge in [-0.3, -0.25) is 0 Å². The molecular weight excluding hydrogens is 290 g/mol. The summed E-state index contributed by atoms with van der Waals surface area (Å²) in [6.45, 7) is 1.98. The van der Waals surface area contributed by atoms with Gasteiger partial charge in [-0.05, 0) is 17.9 Å². The monoisotopic (exact) mass is 299 g/mol. The minimum atomic E-state index is -0.984. The van der Waals surface area contributed by atoms with Gasteiger partial charge in [-0.25, -0.2) is 9.78 Å². The van der Waals surface area contributed by atoms with Crippen LogP contribution in [0, 0.1) is 0 Å². The zero-order chi connectivity index (χ0) is 13.1. The van der Waals surface area contributed by atoms with Crippen molar-refractivity contribution < 1.29 is 9.90 Å². The Morgan fingerprint density at radius 1 is 1.44 bits per heavy atom. The first-order chi connectivity index (χ1) is 8.61. The number of thioether (sulfide) groups is 1. The Labute approximate surface area is 118 Å². The molecule has 0 aliphatic rings. The van der Waals surface area contributed by atoms with Crippen LogP contribution >= 0.6 is 34.7 Å². The number of halogens is 1. The van der Waals surface area contributed by atoms with Crippen LogP contribution in [0.2, 0.25) is 5.02 Å². The number of rotatable bonds is 4. The van der Waals surface area contributed by atoms with Crippen LogP contribution < -0.4 is 0 Å². The van der Waals surface area contributed by atoms with Gasteiger partial charge in [0.1, 0.15) is 5.01 Å². The second-order valence-electron chi connectivity index (χ2n) is 3.40. The average molecular weight is 300 g/mol. The molecule has 0 radical (unpaired) electrons. The zero-order valence-corrected chi connectivity index (χ0v) is 11.9. The molecule has 6 heteroatoms. The topological polar surface area (TPSA) is 50.2 Å². The van der Waals surface area contributed by atoms with E-state index in [2.05, 4.69) is 4.98 Å². The van der Waals surface area contributed by atoms with Gasteiger partial charge in [-0.2, -0.15) is 0 Å². The van der Waals surface area contributed by atoms with Crippen LogP contribution in [0.15, 0.2) is 28.5 Å². The predicted octanol–water partition coefficient (Wildman–Crippen LogP) is 4.27. The molecule has 1 heterocycles. The van der Waals surface area contributed by atoms with Crippen LogP contribution in [-0.2, 0) is 0 Å². The highest BCUT2D eigenvalue weighted by Crippen LogP contribution is 2.35. The van der Waals surface area contributed by atoms with Crippen molar-refractivity contribution in [1.29, 1.82) is 0 Å². The van der Waals surface area contributed by atoms with E-state index in [1.54, 1.807) is 12.1 Å². The van der Waals surface area contributed by atoms with E-state index >= 15 is 0 Å². The summed E-state index contributed by atoms with van der Waals surface area (Å²) in [6.07, 6.45) is 0. The molecule has 0 spiro atoms. The average Bonchev–Trinajstić information content (AvgIpc) is 2.75. The molecule has 1 aromatic heterocycles.